The number of aromatic nitrogens is 1. The summed E-state index contributed by atoms with van der Waals surface area (Å²) in [6.07, 6.45) is -1.58. The van der Waals surface area contributed by atoms with Crippen molar-refractivity contribution in [3.63, 3.8) is 0 Å². The molecule has 33 heavy (non-hydrogen) atoms. The van der Waals surface area contributed by atoms with Gasteiger partial charge >= 0.3 is 0 Å². The molecule has 11 heteroatoms. The zero-order valence-corrected chi connectivity index (χ0v) is 18.6. The molecule has 3 aliphatic carbocycles. The highest BCUT2D eigenvalue weighted by Gasteiger charge is 2.50. The molecule has 0 unspecified atom stereocenters. The van der Waals surface area contributed by atoms with Crippen LogP contribution in [0, 0.1) is 0 Å². The molecule has 0 aliphatic heterocycles. The van der Waals surface area contributed by atoms with E-state index >= 15 is 0 Å². The van der Waals surface area contributed by atoms with Gasteiger partial charge in [0.15, 0.2) is 6.61 Å². The predicted octanol–water partition coefficient (Wildman–Crippen LogP) is 3.80. The number of aliphatic hydroxyl groups is 1. The van der Waals surface area contributed by atoms with Gasteiger partial charge in [-0.1, -0.05) is 23.2 Å². The highest BCUT2D eigenvalue weighted by Crippen LogP contribution is 2.48. The van der Waals surface area contributed by atoms with Crippen molar-refractivity contribution >= 4 is 35.0 Å². The summed E-state index contributed by atoms with van der Waals surface area (Å²) in [5, 5.41) is 16.7. The number of amides is 2. The van der Waals surface area contributed by atoms with Crippen molar-refractivity contribution < 1.29 is 28.2 Å². The largest absolute Gasteiger partial charge is 0.484 e. The second kappa shape index (κ2) is 9.24. The molecule has 7 nitrogen and oxygen atoms in total. The number of pyridine rings is 1. The monoisotopic (exact) mass is 497 g/mol. The lowest BCUT2D eigenvalue weighted by Crippen LogP contribution is -2.61. The fraction of sp³-hybridized carbons (Fsp3) is 0.318. The molecule has 1 atom stereocenters. The summed E-state index contributed by atoms with van der Waals surface area (Å²) >= 11 is 11.8. The number of fused-ring (bicyclic) bond motifs is 2. The summed E-state index contributed by atoms with van der Waals surface area (Å²) in [6.45, 7) is -0.288. The Kier molecular flexibility index (Phi) is 6.56. The van der Waals surface area contributed by atoms with Crippen LogP contribution in [-0.2, 0) is 4.79 Å². The third kappa shape index (κ3) is 5.10. The second-order valence-corrected chi connectivity index (χ2v) is 8.83. The first-order chi connectivity index (χ1) is 15.7. The molecule has 1 aromatic heterocycles. The maximum Gasteiger partial charge on any atom is 0.270 e. The van der Waals surface area contributed by atoms with Crippen molar-refractivity contribution in [3.8, 4) is 5.75 Å². The molecule has 3 N–H and O–H groups in total. The zero-order chi connectivity index (χ0) is 23.8. The van der Waals surface area contributed by atoms with Crippen molar-refractivity contribution in [2.75, 3.05) is 6.61 Å². The van der Waals surface area contributed by atoms with Crippen LogP contribution in [0.5, 0.6) is 5.75 Å². The fourth-order valence-corrected chi connectivity index (χ4v) is 4.28. The van der Waals surface area contributed by atoms with Crippen molar-refractivity contribution in [2.24, 2.45) is 0 Å². The summed E-state index contributed by atoms with van der Waals surface area (Å²) in [6, 6.07) is 7.02. The average Bonchev–Trinajstić information content (AvgIpc) is 2.75. The van der Waals surface area contributed by atoms with Gasteiger partial charge in [0.2, 0.25) is 0 Å². The summed E-state index contributed by atoms with van der Waals surface area (Å²) in [7, 11) is 0. The van der Waals surface area contributed by atoms with Crippen molar-refractivity contribution in [1.82, 2.24) is 15.6 Å². The van der Waals surface area contributed by atoms with E-state index in [-0.39, 0.29) is 24.3 Å². The minimum absolute atomic E-state index is 0.0132. The molecule has 174 valence electrons. The van der Waals surface area contributed by atoms with Gasteiger partial charge in [-0.15, -0.1) is 0 Å². The number of aliphatic hydroxyl groups excluding tert-OH is 1. The number of carbonyl (C=O) groups excluding carboxylic acids is 2. The molecule has 2 amide bonds. The first kappa shape index (κ1) is 23.4. The zero-order valence-electron chi connectivity index (χ0n) is 17.1. The number of alkyl halides is 2. The first-order valence-electron chi connectivity index (χ1n) is 10.00. The Morgan fingerprint density at radius 3 is 2.58 bits per heavy atom. The lowest BCUT2D eigenvalue weighted by atomic mass is 9.63. The van der Waals surface area contributed by atoms with E-state index in [0.717, 1.165) is 17.8 Å². The summed E-state index contributed by atoms with van der Waals surface area (Å²) in [5.74, 6) is -0.582. The maximum atomic E-state index is 12.7. The molecular weight excluding hydrogens is 479 g/mol. The maximum absolute atomic E-state index is 12.7. The normalized spacial score (nSPS) is 21.5. The number of nitrogens with one attached hydrogen (secondary N) is 2. The van der Waals surface area contributed by atoms with Gasteiger partial charge < -0.3 is 20.5 Å². The van der Waals surface area contributed by atoms with Gasteiger partial charge in [-0.25, -0.2) is 8.78 Å². The van der Waals surface area contributed by atoms with E-state index in [9.17, 15) is 23.5 Å². The third-order valence-corrected chi connectivity index (χ3v) is 6.33. The number of nitrogens with zero attached hydrogens (tertiary/aromatic N) is 1. The molecule has 1 aromatic carbocycles. The van der Waals surface area contributed by atoms with Gasteiger partial charge in [-0.05, 0) is 42.7 Å². The van der Waals surface area contributed by atoms with Gasteiger partial charge in [-0.3, -0.25) is 14.6 Å². The molecule has 0 saturated heterocycles. The molecule has 5 rings (SSSR count). The van der Waals surface area contributed by atoms with Crippen LogP contribution in [0.3, 0.4) is 0 Å². The van der Waals surface area contributed by atoms with E-state index in [1.165, 1.54) is 12.1 Å². The van der Waals surface area contributed by atoms with Crippen LogP contribution in [0.15, 0.2) is 47.8 Å². The molecular formula is C22H19Cl2F2N3O4. The number of benzene rings is 1. The Morgan fingerprint density at radius 2 is 1.97 bits per heavy atom. The lowest BCUT2D eigenvalue weighted by molar-refractivity contribution is -0.123. The Labute approximate surface area is 197 Å². The highest BCUT2D eigenvalue weighted by atomic mass is 35.5. The minimum atomic E-state index is -2.66. The standard InChI is InChI=1S/C22H19Cl2F2N3O4/c23-14-3-2-13(5-15(14)24)33-10-18(31)28-19-12-6-22(7-12,8-17(19)30)29-21(32)16-4-1-11(9-27-16)20(25)26/h1-5,9,17,20,30H,6-8,10H2,(H,28,31)(H,29,32)/t17-/m0/s1. The second-order valence-electron chi connectivity index (χ2n) is 8.02. The van der Waals surface area contributed by atoms with E-state index in [1.807, 2.05) is 0 Å². The number of carbonyl (C=O) groups is 2. The Hall–Kier alpha value is -2.75. The summed E-state index contributed by atoms with van der Waals surface area (Å²) in [4.78, 5) is 28.6. The number of halogens is 4. The molecule has 3 aliphatic rings. The SMILES string of the molecule is O=C(COc1ccc(Cl)c(Cl)c1)NC1=C2CC(NC(=O)c3ccc(C(F)F)cn3)(C2)C[C@@H]1O. The van der Waals surface area contributed by atoms with Crippen LogP contribution in [0.25, 0.3) is 0 Å². The molecule has 2 aromatic rings. The molecule has 0 spiro atoms. The lowest BCUT2D eigenvalue weighted by Gasteiger charge is -2.51. The Bertz CT molecular complexity index is 1120. The number of hydrogen-bond donors (Lipinski definition) is 3. The van der Waals surface area contributed by atoms with Gasteiger partial charge in [0.05, 0.1) is 21.7 Å². The number of hydrogen-bond acceptors (Lipinski definition) is 5. The van der Waals surface area contributed by atoms with Crippen molar-refractivity contribution in [3.05, 3.63) is 69.1 Å². The van der Waals surface area contributed by atoms with Crippen molar-refractivity contribution in [1.29, 1.82) is 0 Å². The molecule has 1 heterocycles. The predicted molar refractivity (Wildman–Crippen MR) is 116 cm³/mol. The Balaban J connectivity index is 1.33. The highest BCUT2D eigenvalue weighted by molar-refractivity contribution is 6.42. The average molecular weight is 498 g/mol. The summed E-state index contributed by atoms with van der Waals surface area (Å²) < 4.78 is 30.7. The fourth-order valence-electron chi connectivity index (χ4n) is 3.99. The number of ether oxygens (including phenoxy) is 1. The van der Waals surface area contributed by atoms with E-state index < -0.39 is 29.9 Å². The quantitative estimate of drug-likeness (QED) is 0.540. The third-order valence-electron chi connectivity index (χ3n) is 5.59. The first-order valence-corrected chi connectivity index (χ1v) is 10.8. The van der Waals surface area contributed by atoms with E-state index in [2.05, 4.69) is 15.6 Å². The topological polar surface area (TPSA) is 101 Å². The Morgan fingerprint density at radius 1 is 1.21 bits per heavy atom. The van der Waals surface area contributed by atoms with E-state index in [1.54, 1.807) is 12.1 Å². The van der Waals surface area contributed by atoms with E-state index in [0.29, 0.717) is 34.3 Å². The smallest absolute Gasteiger partial charge is 0.270 e. The number of rotatable bonds is 7. The van der Waals surface area contributed by atoms with Crippen LogP contribution in [-0.4, -0.2) is 40.2 Å². The van der Waals surface area contributed by atoms with Crippen LogP contribution in [0.1, 0.15) is 41.7 Å². The van der Waals surface area contributed by atoms with Crippen LogP contribution < -0.4 is 15.4 Å². The van der Waals surface area contributed by atoms with Crippen LogP contribution in [0.4, 0.5) is 8.78 Å². The minimum Gasteiger partial charge on any atom is -0.484 e. The van der Waals surface area contributed by atoms with Crippen LogP contribution >= 0.6 is 23.2 Å². The summed E-state index contributed by atoms with van der Waals surface area (Å²) in [5.41, 5.74) is 0.306. The van der Waals surface area contributed by atoms with E-state index in [4.69, 9.17) is 27.9 Å². The molecule has 1 saturated carbocycles. The van der Waals surface area contributed by atoms with Gasteiger partial charge in [0.25, 0.3) is 18.2 Å². The van der Waals surface area contributed by atoms with Crippen molar-refractivity contribution in [2.45, 2.75) is 37.3 Å². The van der Waals surface area contributed by atoms with Crippen LogP contribution in [0.2, 0.25) is 10.0 Å². The van der Waals surface area contributed by atoms with Gasteiger partial charge in [0, 0.05) is 29.9 Å². The molecule has 0 radical (unpaired) electrons. The van der Waals surface area contributed by atoms with Gasteiger partial charge in [0.1, 0.15) is 11.4 Å². The molecule has 1 fully saturated rings. The molecule has 2 bridgehead atoms. The van der Waals surface area contributed by atoms with Gasteiger partial charge in [-0.2, -0.15) is 0 Å².